The zero-order chi connectivity index (χ0) is 21.0. The molecule has 4 heteroatoms. The van der Waals surface area contributed by atoms with E-state index in [-0.39, 0.29) is 34.7 Å². The molecule has 0 radical (unpaired) electrons. The number of hydrogen-bond donors (Lipinski definition) is 1. The molecule has 0 aromatic rings. The van der Waals surface area contributed by atoms with Gasteiger partial charge in [0.1, 0.15) is 0 Å². The Morgan fingerprint density at radius 2 is 1.35 bits per heavy atom. The number of aliphatic hydroxyl groups excluding tert-OH is 1. The smallest absolute Gasteiger partial charge is 0.181 e. The van der Waals surface area contributed by atoms with Crippen molar-refractivity contribution < 1.29 is 19.3 Å². The fourth-order valence-electron chi connectivity index (χ4n) is 2.14. The summed E-state index contributed by atoms with van der Waals surface area (Å²) in [7, 11) is 0. The lowest BCUT2D eigenvalue weighted by atomic mass is 9.66. The van der Waals surface area contributed by atoms with Gasteiger partial charge in [-0.05, 0) is 57.8 Å². The molecule has 0 bridgehead atoms. The van der Waals surface area contributed by atoms with Crippen LogP contribution in [0.15, 0.2) is 0 Å². The van der Waals surface area contributed by atoms with Crippen LogP contribution in [0.2, 0.25) is 0 Å². The second-order valence-corrected chi connectivity index (χ2v) is 11.0. The zero-order valence-corrected chi connectivity index (χ0v) is 19.5. The van der Waals surface area contributed by atoms with Gasteiger partial charge in [0.15, 0.2) is 6.29 Å². The Kier molecular flexibility index (Phi) is 9.30. The van der Waals surface area contributed by atoms with Crippen molar-refractivity contribution in [3.63, 3.8) is 0 Å². The topological polar surface area (TPSA) is 47.9 Å². The van der Waals surface area contributed by atoms with Crippen LogP contribution in [-0.4, -0.2) is 41.9 Å². The summed E-state index contributed by atoms with van der Waals surface area (Å²) in [5, 5.41) is 9.92. The first-order chi connectivity index (χ1) is 11.4. The van der Waals surface area contributed by atoms with Gasteiger partial charge in [-0.2, -0.15) is 0 Å². The zero-order valence-electron chi connectivity index (χ0n) is 19.5. The van der Waals surface area contributed by atoms with E-state index >= 15 is 0 Å². The highest BCUT2D eigenvalue weighted by Gasteiger charge is 2.37. The van der Waals surface area contributed by atoms with E-state index in [4.69, 9.17) is 14.2 Å². The van der Waals surface area contributed by atoms with Gasteiger partial charge in [-0.25, -0.2) is 0 Å². The summed E-state index contributed by atoms with van der Waals surface area (Å²) < 4.78 is 18.4. The fourth-order valence-corrected chi connectivity index (χ4v) is 2.14. The third kappa shape index (κ3) is 9.16. The van der Waals surface area contributed by atoms with Crippen molar-refractivity contribution in [2.45, 2.75) is 113 Å². The van der Waals surface area contributed by atoms with Crippen molar-refractivity contribution in [1.82, 2.24) is 0 Å². The van der Waals surface area contributed by atoms with E-state index in [1.54, 1.807) is 0 Å². The molecule has 0 amide bonds. The molecule has 158 valence electrons. The van der Waals surface area contributed by atoms with Crippen LogP contribution in [0.5, 0.6) is 0 Å². The van der Waals surface area contributed by atoms with E-state index in [1.165, 1.54) is 0 Å². The molecule has 0 aliphatic rings. The summed E-state index contributed by atoms with van der Waals surface area (Å²) in [5.74, 6) is 0.335. The SMILES string of the molecule is CC(C)C(C)(C)OC(COC(C)(C)C)OC(CO)CC(C)(C)C(C)(C)C. The van der Waals surface area contributed by atoms with Crippen molar-refractivity contribution in [1.29, 1.82) is 0 Å². The first-order valence-corrected chi connectivity index (χ1v) is 9.99. The van der Waals surface area contributed by atoms with E-state index < -0.39 is 6.29 Å². The van der Waals surface area contributed by atoms with Crippen molar-refractivity contribution >= 4 is 0 Å². The standard InChI is InChI=1S/C22H46O4/c1-16(2)22(11,12)26-18(15-24-20(6,7)8)25-17(14-23)13-21(9,10)19(3,4)5/h16-18,23H,13-15H2,1-12H3. The van der Waals surface area contributed by atoms with Crippen molar-refractivity contribution in [2.24, 2.45) is 16.7 Å². The molecule has 0 aliphatic carbocycles. The van der Waals surface area contributed by atoms with Gasteiger partial charge >= 0.3 is 0 Å². The highest BCUT2D eigenvalue weighted by Crippen LogP contribution is 2.42. The van der Waals surface area contributed by atoms with Gasteiger partial charge in [0.2, 0.25) is 0 Å². The number of rotatable bonds is 10. The molecule has 1 N–H and O–H groups in total. The molecule has 0 aromatic carbocycles. The molecule has 2 unspecified atom stereocenters. The molecular weight excluding hydrogens is 328 g/mol. The summed E-state index contributed by atoms with van der Waals surface area (Å²) in [6.07, 6.45) is -0.0508. The third-order valence-corrected chi connectivity index (χ3v) is 5.79. The Bertz CT molecular complexity index is 399. The van der Waals surface area contributed by atoms with Crippen LogP contribution in [-0.2, 0) is 14.2 Å². The minimum absolute atomic E-state index is 0.0173. The minimum Gasteiger partial charge on any atom is -0.394 e. The van der Waals surface area contributed by atoms with Gasteiger partial charge in [-0.15, -0.1) is 0 Å². The summed E-state index contributed by atoms with van der Waals surface area (Å²) in [6, 6.07) is 0. The molecule has 0 saturated carbocycles. The van der Waals surface area contributed by atoms with E-state index in [2.05, 4.69) is 62.3 Å². The highest BCUT2D eigenvalue weighted by molar-refractivity contribution is 4.85. The van der Waals surface area contributed by atoms with Gasteiger partial charge in [0.05, 0.1) is 30.5 Å². The maximum Gasteiger partial charge on any atom is 0.181 e. The highest BCUT2D eigenvalue weighted by atomic mass is 16.7. The molecule has 0 aromatic heterocycles. The van der Waals surface area contributed by atoms with Crippen LogP contribution in [0.1, 0.15) is 89.5 Å². The van der Waals surface area contributed by atoms with E-state index in [9.17, 15) is 5.11 Å². The van der Waals surface area contributed by atoms with Gasteiger partial charge < -0.3 is 19.3 Å². The first kappa shape index (κ1) is 25.8. The van der Waals surface area contributed by atoms with Crippen LogP contribution in [0.25, 0.3) is 0 Å². The molecule has 0 heterocycles. The molecule has 26 heavy (non-hydrogen) atoms. The predicted octanol–water partition coefficient (Wildman–Crippen LogP) is 5.42. The van der Waals surface area contributed by atoms with E-state index in [0.29, 0.717) is 12.5 Å². The van der Waals surface area contributed by atoms with Crippen LogP contribution in [0.3, 0.4) is 0 Å². The minimum atomic E-state index is -0.514. The quantitative estimate of drug-likeness (QED) is 0.519. The van der Waals surface area contributed by atoms with Gasteiger partial charge in [0.25, 0.3) is 0 Å². The van der Waals surface area contributed by atoms with Crippen LogP contribution < -0.4 is 0 Å². The lowest BCUT2D eigenvalue weighted by Crippen LogP contribution is -2.44. The maximum absolute atomic E-state index is 9.92. The summed E-state index contributed by atoms with van der Waals surface area (Å²) >= 11 is 0. The van der Waals surface area contributed by atoms with Gasteiger partial charge in [0, 0.05) is 0 Å². The lowest BCUT2D eigenvalue weighted by Gasteiger charge is -2.42. The summed E-state index contributed by atoms with van der Waals surface area (Å²) in [6.45, 7) is 25.9. The Hall–Kier alpha value is -0.160. The van der Waals surface area contributed by atoms with Crippen LogP contribution >= 0.6 is 0 Å². The Morgan fingerprint density at radius 3 is 1.69 bits per heavy atom. The monoisotopic (exact) mass is 374 g/mol. The molecule has 0 saturated heterocycles. The Morgan fingerprint density at radius 1 is 0.846 bits per heavy atom. The fraction of sp³-hybridized carbons (Fsp3) is 1.00. The van der Waals surface area contributed by atoms with E-state index in [0.717, 1.165) is 6.42 Å². The van der Waals surface area contributed by atoms with Gasteiger partial charge in [-0.3, -0.25) is 0 Å². The number of hydrogen-bond acceptors (Lipinski definition) is 4. The lowest BCUT2D eigenvalue weighted by molar-refractivity contribution is -0.264. The first-order valence-electron chi connectivity index (χ1n) is 9.99. The van der Waals surface area contributed by atoms with Crippen LogP contribution in [0, 0.1) is 16.7 Å². The molecular formula is C22H46O4. The maximum atomic E-state index is 9.92. The summed E-state index contributed by atoms with van der Waals surface area (Å²) in [5.41, 5.74) is -0.486. The van der Waals surface area contributed by atoms with Gasteiger partial charge in [-0.1, -0.05) is 48.5 Å². The van der Waals surface area contributed by atoms with Crippen molar-refractivity contribution in [3.8, 4) is 0 Å². The summed E-state index contributed by atoms with van der Waals surface area (Å²) in [4.78, 5) is 0. The van der Waals surface area contributed by atoms with E-state index in [1.807, 2.05) is 20.8 Å². The molecule has 2 atom stereocenters. The second kappa shape index (κ2) is 9.36. The van der Waals surface area contributed by atoms with Crippen molar-refractivity contribution in [2.75, 3.05) is 13.2 Å². The number of aliphatic hydroxyl groups is 1. The molecule has 0 spiro atoms. The predicted molar refractivity (Wildman–Crippen MR) is 109 cm³/mol. The second-order valence-electron chi connectivity index (χ2n) is 11.0. The molecule has 0 fully saturated rings. The van der Waals surface area contributed by atoms with Crippen LogP contribution in [0.4, 0.5) is 0 Å². The number of ether oxygens (including phenoxy) is 3. The average molecular weight is 375 g/mol. The Balaban J connectivity index is 5.22. The molecule has 0 rings (SSSR count). The Labute approximate surface area is 163 Å². The average Bonchev–Trinajstić information content (AvgIpc) is 2.41. The molecule has 4 nitrogen and oxygen atoms in total. The third-order valence-electron chi connectivity index (χ3n) is 5.79. The molecule has 0 aliphatic heterocycles. The normalized spacial score (nSPS) is 16.8. The van der Waals surface area contributed by atoms with Crippen molar-refractivity contribution in [3.05, 3.63) is 0 Å². The largest absolute Gasteiger partial charge is 0.394 e.